The van der Waals surface area contributed by atoms with Crippen LogP contribution in [-0.2, 0) is 4.79 Å². The van der Waals surface area contributed by atoms with Gasteiger partial charge in [0.1, 0.15) is 11.5 Å². The van der Waals surface area contributed by atoms with Crippen LogP contribution in [0.25, 0.3) is 0 Å². The van der Waals surface area contributed by atoms with Crippen LogP contribution in [0, 0.1) is 0 Å². The van der Waals surface area contributed by atoms with E-state index in [9.17, 15) is 18.7 Å². The summed E-state index contributed by atoms with van der Waals surface area (Å²) >= 11 is 0. The van der Waals surface area contributed by atoms with Crippen LogP contribution in [-0.4, -0.2) is 49.8 Å². The number of alkyl halides is 2. The molecule has 1 heterocycles. The van der Waals surface area contributed by atoms with Gasteiger partial charge in [-0.1, -0.05) is 12.1 Å². The molecule has 1 fully saturated rings. The number of rotatable bonds is 6. The van der Waals surface area contributed by atoms with Gasteiger partial charge < -0.3 is 25.0 Å². The summed E-state index contributed by atoms with van der Waals surface area (Å²) in [5, 5.41) is 12.1. The highest BCUT2D eigenvalue weighted by Crippen LogP contribution is 2.25. The van der Waals surface area contributed by atoms with Crippen LogP contribution in [0.2, 0.25) is 0 Å². The van der Waals surface area contributed by atoms with Crippen molar-refractivity contribution >= 4 is 17.3 Å². The molecule has 1 saturated heterocycles. The number of hydrogen-bond acceptors (Lipinski definition) is 4. The van der Waals surface area contributed by atoms with Gasteiger partial charge in [0.05, 0.1) is 31.9 Å². The number of amides is 1. The fourth-order valence-corrected chi connectivity index (χ4v) is 3.34. The van der Waals surface area contributed by atoms with E-state index in [0.29, 0.717) is 0 Å². The highest BCUT2D eigenvalue weighted by molar-refractivity contribution is 5.94. The summed E-state index contributed by atoms with van der Waals surface area (Å²) < 4.78 is 29.5. The number of halogens is 2. The normalized spacial score (nSPS) is 16.1. The minimum Gasteiger partial charge on any atom is -0.508 e. The molecule has 2 aromatic rings. The summed E-state index contributed by atoms with van der Waals surface area (Å²) in [4.78, 5) is 16.0. The van der Waals surface area contributed by atoms with Gasteiger partial charge in [0.15, 0.2) is 6.04 Å². The second-order valence-corrected chi connectivity index (χ2v) is 6.75. The first kappa shape index (κ1) is 19.9. The molecule has 1 amide bonds. The van der Waals surface area contributed by atoms with E-state index in [1.807, 2.05) is 19.1 Å². The van der Waals surface area contributed by atoms with Gasteiger partial charge in [0.2, 0.25) is 0 Å². The van der Waals surface area contributed by atoms with Gasteiger partial charge in [-0.3, -0.25) is 4.79 Å². The Morgan fingerprint density at radius 2 is 1.79 bits per heavy atom. The number of benzene rings is 2. The molecule has 3 N–H and O–H groups in total. The lowest BCUT2D eigenvalue weighted by Crippen LogP contribution is -3.19. The van der Waals surface area contributed by atoms with Crippen molar-refractivity contribution < 1.29 is 28.3 Å². The quantitative estimate of drug-likeness (QED) is 0.701. The lowest BCUT2D eigenvalue weighted by atomic mass is 10.2. The lowest BCUT2D eigenvalue weighted by molar-refractivity contribution is -0.914. The topological polar surface area (TPSA) is 66.2 Å². The Labute approximate surface area is 162 Å². The van der Waals surface area contributed by atoms with Crippen LogP contribution >= 0.6 is 0 Å². The Bertz CT molecular complexity index is 794. The summed E-state index contributed by atoms with van der Waals surface area (Å²) in [6, 6.07) is 12.9. The maximum absolute atomic E-state index is 12.6. The highest BCUT2D eigenvalue weighted by Gasteiger charge is 2.29. The van der Waals surface area contributed by atoms with Gasteiger partial charge in [-0.2, -0.15) is 8.78 Å². The first-order valence-corrected chi connectivity index (χ1v) is 9.17. The molecule has 0 aromatic heterocycles. The molecule has 1 atom stereocenters. The van der Waals surface area contributed by atoms with Crippen molar-refractivity contribution in [3.8, 4) is 11.5 Å². The number of phenols is 1. The van der Waals surface area contributed by atoms with E-state index >= 15 is 0 Å². The van der Waals surface area contributed by atoms with Gasteiger partial charge in [-0.25, -0.2) is 0 Å². The molecule has 0 unspecified atom stereocenters. The van der Waals surface area contributed by atoms with Gasteiger partial charge in [0.25, 0.3) is 5.91 Å². The second kappa shape index (κ2) is 8.88. The Balaban J connectivity index is 1.57. The first-order valence-electron chi connectivity index (χ1n) is 9.17. The average Bonchev–Trinajstić information content (AvgIpc) is 2.69. The summed E-state index contributed by atoms with van der Waals surface area (Å²) in [7, 11) is 0. The predicted molar refractivity (Wildman–Crippen MR) is 102 cm³/mol. The monoisotopic (exact) mass is 392 g/mol. The maximum Gasteiger partial charge on any atom is 0.387 e. The standard InChI is InChI=1S/C20H23F2N3O3/c1-14(19(27)23-17-4-2-3-5-18(17)28-20(21)22)24-10-12-25(13-11-24)15-6-8-16(26)9-7-15/h2-9,14,20,26H,10-13H2,1H3,(H,23,27)/p+1/t14-/m1/s1. The molecule has 0 bridgehead atoms. The van der Waals surface area contributed by atoms with Crippen LogP contribution in [0.15, 0.2) is 48.5 Å². The number of phenolic OH excluding ortho intramolecular Hbond substituents is 1. The molecule has 28 heavy (non-hydrogen) atoms. The van der Waals surface area contributed by atoms with Crippen LogP contribution < -0.4 is 19.9 Å². The highest BCUT2D eigenvalue weighted by atomic mass is 19.3. The summed E-state index contributed by atoms with van der Waals surface area (Å²) in [6.45, 7) is 1.98. The number of anilines is 2. The molecule has 1 aliphatic rings. The number of piperazine rings is 1. The molecule has 0 aliphatic carbocycles. The Kier molecular flexibility index (Phi) is 6.30. The van der Waals surface area contributed by atoms with Crippen molar-refractivity contribution in [3.05, 3.63) is 48.5 Å². The zero-order valence-electron chi connectivity index (χ0n) is 15.6. The minimum absolute atomic E-state index is 0.0507. The number of quaternary nitrogens is 1. The lowest BCUT2D eigenvalue weighted by Gasteiger charge is -2.36. The number of carbonyl (C=O) groups excluding carboxylic acids is 1. The van der Waals surface area contributed by atoms with E-state index in [0.717, 1.165) is 36.8 Å². The van der Waals surface area contributed by atoms with E-state index in [4.69, 9.17) is 0 Å². The molecule has 2 aromatic carbocycles. The number of nitrogens with zero attached hydrogens (tertiary/aromatic N) is 1. The van der Waals surface area contributed by atoms with Gasteiger partial charge in [0, 0.05) is 5.69 Å². The fourth-order valence-electron chi connectivity index (χ4n) is 3.34. The first-order chi connectivity index (χ1) is 13.4. The number of aromatic hydroxyl groups is 1. The van der Waals surface area contributed by atoms with E-state index in [2.05, 4.69) is 15.0 Å². The SMILES string of the molecule is C[C@H](C(=O)Nc1ccccc1OC(F)F)[NH+]1CCN(c2ccc(O)cc2)CC1. The smallest absolute Gasteiger partial charge is 0.387 e. The van der Waals surface area contributed by atoms with Crippen molar-refractivity contribution in [1.29, 1.82) is 0 Å². The van der Waals surface area contributed by atoms with Gasteiger partial charge in [-0.05, 0) is 43.3 Å². The van der Waals surface area contributed by atoms with E-state index in [-0.39, 0.29) is 29.1 Å². The largest absolute Gasteiger partial charge is 0.508 e. The third kappa shape index (κ3) is 4.89. The molecule has 6 nitrogen and oxygen atoms in total. The predicted octanol–water partition coefficient (Wildman–Crippen LogP) is 1.73. The number of carbonyl (C=O) groups is 1. The average molecular weight is 392 g/mol. The van der Waals surface area contributed by atoms with Crippen molar-refractivity contribution in [2.24, 2.45) is 0 Å². The van der Waals surface area contributed by atoms with Crippen molar-refractivity contribution in [2.45, 2.75) is 19.6 Å². The molecule has 0 radical (unpaired) electrons. The van der Waals surface area contributed by atoms with Crippen LogP contribution in [0.4, 0.5) is 20.2 Å². The number of ether oxygens (including phenoxy) is 1. The molecular weight excluding hydrogens is 368 g/mol. The van der Waals surface area contributed by atoms with Crippen LogP contribution in [0.1, 0.15) is 6.92 Å². The van der Waals surface area contributed by atoms with Crippen molar-refractivity contribution in [1.82, 2.24) is 0 Å². The second-order valence-electron chi connectivity index (χ2n) is 6.75. The number of nitrogens with one attached hydrogen (secondary N) is 2. The number of para-hydroxylation sites is 2. The van der Waals surface area contributed by atoms with E-state index in [1.165, 1.54) is 6.07 Å². The van der Waals surface area contributed by atoms with E-state index < -0.39 is 6.61 Å². The number of hydrogen-bond donors (Lipinski definition) is 3. The Hall–Kier alpha value is -2.87. The fraction of sp³-hybridized carbons (Fsp3) is 0.350. The summed E-state index contributed by atoms with van der Waals surface area (Å²) in [5.41, 5.74) is 1.27. The molecule has 0 saturated carbocycles. The van der Waals surface area contributed by atoms with Crippen LogP contribution in [0.5, 0.6) is 11.5 Å². The molecule has 3 rings (SSSR count). The van der Waals surface area contributed by atoms with E-state index in [1.54, 1.807) is 30.3 Å². The van der Waals surface area contributed by atoms with Gasteiger partial charge in [-0.15, -0.1) is 0 Å². The molecule has 1 aliphatic heterocycles. The Morgan fingerprint density at radius 3 is 2.43 bits per heavy atom. The molecule has 150 valence electrons. The van der Waals surface area contributed by atoms with Crippen LogP contribution in [0.3, 0.4) is 0 Å². The summed E-state index contributed by atoms with van der Waals surface area (Å²) in [6.07, 6.45) is 0. The Morgan fingerprint density at radius 1 is 1.14 bits per heavy atom. The third-order valence-electron chi connectivity index (χ3n) is 4.99. The third-order valence-corrected chi connectivity index (χ3v) is 4.99. The molecular formula is C20H24F2N3O3+. The van der Waals surface area contributed by atoms with Gasteiger partial charge >= 0.3 is 6.61 Å². The maximum atomic E-state index is 12.6. The van der Waals surface area contributed by atoms with Crippen molar-refractivity contribution in [2.75, 3.05) is 36.4 Å². The minimum atomic E-state index is -2.95. The summed E-state index contributed by atoms with van der Waals surface area (Å²) in [5.74, 6) is -0.0574. The molecule has 0 spiro atoms. The zero-order chi connectivity index (χ0) is 20.1. The van der Waals surface area contributed by atoms with Crippen molar-refractivity contribution in [3.63, 3.8) is 0 Å². The molecule has 8 heteroatoms. The zero-order valence-corrected chi connectivity index (χ0v) is 15.6.